The van der Waals surface area contributed by atoms with Gasteiger partial charge >= 0.3 is 0 Å². The van der Waals surface area contributed by atoms with Gasteiger partial charge in [0, 0.05) is 38.9 Å². The highest BCUT2D eigenvalue weighted by Gasteiger charge is 2.28. The van der Waals surface area contributed by atoms with Crippen LogP contribution in [0.2, 0.25) is 0 Å². The number of carbonyl (C=O) groups excluding carboxylic acids is 1. The molecule has 0 aliphatic carbocycles. The molecule has 0 radical (unpaired) electrons. The van der Waals surface area contributed by atoms with Crippen LogP contribution in [0.5, 0.6) is 0 Å². The Kier molecular flexibility index (Phi) is 4.72. The summed E-state index contributed by atoms with van der Waals surface area (Å²) in [6.45, 7) is 2.80. The van der Waals surface area contributed by atoms with Crippen molar-refractivity contribution in [3.05, 3.63) is 42.0 Å². The molecule has 148 valence electrons. The largest absolute Gasteiger partial charge is 0.441 e. The first-order valence-electron chi connectivity index (χ1n) is 9.20. The van der Waals surface area contributed by atoms with Crippen LogP contribution in [0.25, 0.3) is 11.1 Å². The third-order valence-electron chi connectivity index (χ3n) is 4.92. The van der Waals surface area contributed by atoms with E-state index in [1.807, 2.05) is 0 Å². The van der Waals surface area contributed by atoms with Gasteiger partial charge in [0.1, 0.15) is 16.1 Å². The van der Waals surface area contributed by atoms with Crippen LogP contribution in [-0.2, 0) is 17.1 Å². The molecule has 9 heteroatoms. The van der Waals surface area contributed by atoms with E-state index in [1.165, 1.54) is 21.1 Å². The minimum Gasteiger partial charge on any atom is -0.441 e. The van der Waals surface area contributed by atoms with Gasteiger partial charge in [0.2, 0.25) is 10.0 Å². The van der Waals surface area contributed by atoms with Crippen LogP contribution in [0.15, 0.2) is 39.8 Å². The Hall–Kier alpha value is -2.65. The first kappa shape index (κ1) is 18.7. The normalized spacial score (nSPS) is 15.8. The number of carbonyl (C=O) groups is 1. The SMILES string of the molecule is Cc1nc2cc(NC(=O)c3cc(S(=O)(=O)N4CCCCC4)cn3C)ccc2o1. The van der Waals surface area contributed by atoms with Gasteiger partial charge in [-0.2, -0.15) is 4.31 Å². The van der Waals surface area contributed by atoms with Crippen LogP contribution in [0.3, 0.4) is 0 Å². The highest BCUT2D eigenvalue weighted by molar-refractivity contribution is 7.89. The fourth-order valence-corrected chi connectivity index (χ4v) is 5.06. The molecular formula is C19H22N4O4S. The summed E-state index contributed by atoms with van der Waals surface area (Å²) in [4.78, 5) is 17.1. The van der Waals surface area contributed by atoms with Gasteiger partial charge in [-0.25, -0.2) is 13.4 Å². The lowest BCUT2D eigenvalue weighted by atomic mass is 10.2. The van der Waals surface area contributed by atoms with Crippen LogP contribution in [0.1, 0.15) is 35.6 Å². The quantitative estimate of drug-likeness (QED) is 0.724. The van der Waals surface area contributed by atoms with Gasteiger partial charge in [-0.15, -0.1) is 0 Å². The van der Waals surface area contributed by atoms with E-state index in [0.29, 0.717) is 35.8 Å². The number of nitrogens with zero attached hydrogens (tertiary/aromatic N) is 3. The number of piperidine rings is 1. The molecule has 1 saturated heterocycles. The lowest BCUT2D eigenvalue weighted by Gasteiger charge is -2.25. The van der Waals surface area contributed by atoms with Gasteiger partial charge in [0.25, 0.3) is 5.91 Å². The average Bonchev–Trinajstić information content (AvgIpc) is 3.24. The number of hydrogen-bond acceptors (Lipinski definition) is 5. The van der Waals surface area contributed by atoms with E-state index in [9.17, 15) is 13.2 Å². The topological polar surface area (TPSA) is 97.4 Å². The summed E-state index contributed by atoms with van der Waals surface area (Å²) >= 11 is 0. The van der Waals surface area contributed by atoms with Gasteiger partial charge in [-0.05, 0) is 37.1 Å². The van der Waals surface area contributed by atoms with E-state index in [2.05, 4.69) is 10.3 Å². The molecule has 1 aliphatic heterocycles. The summed E-state index contributed by atoms with van der Waals surface area (Å²) in [5, 5.41) is 2.79. The van der Waals surface area contributed by atoms with Gasteiger partial charge in [-0.3, -0.25) is 4.79 Å². The lowest BCUT2D eigenvalue weighted by molar-refractivity contribution is 0.101. The van der Waals surface area contributed by atoms with Gasteiger partial charge in [0.05, 0.1) is 0 Å². The Bertz CT molecular complexity index is 1140. The van der Waals surface area contributed by atoms with Crippen LogP contribution in [0, 0.1) is 6.92 Å². The summed E-state index contributed by atoms with van der Waals surface area (Å²) in [6.07, 6.45) is 4.26. The van der Waals surface area contributed by atoms with E-state index in [1.54, 1.807) is 32.2 Å². The molecule has 1 N–H and O–H groups in total. The summed E-state index contributed by atoms with van der Waals surface area (Å²) in [5.41, 5.74) is 2.12. The van der Waals surface area contributed by atoms with Gasteiger partial charge < -0.3 is 14.3 Å². The molecule has 28 heavy (non-hydrogen) atoms. The molecule has 4 rings (SSSR count). The van der Waals surface area contributed by atoms with Gasteiger partial charge in [-0.1, -0.05) is 6.42 Å². The molecule has 0 spiro atoms. The highest BCUT2D eigenvalue weighted by atomic mass is 32.2. The van der Waals surface area contributed by atoms with Crippen LogP contribution in [-0.4, -0.2) is 41.3 Å². The second-order valence-electron chi connectivity index (χ2n) is 7.01. The first-order valence-corrected chi connectivity index (χ1v) is 10.6. The molecule has 1 amide bonds. The predicted octanol–water partition coefficient (Wildman–Crippen LogP) is 2.90. The number of nitrogens with one attached hydrogen (secondary N) is 1. The Morgan fingerprint density at radius 3 is 2.68 bits per heavy atom. The zero-order chi connectivity index (χ0) is 19.9. The number of oxazole rings is 1. The number of anilines is 1. The van der Waals surface area contributed by atoms with E-state index >= 15 is 0 Å². The van der Waals surface area contributed by atoms with Crippen LogP contribution < -0.4 is 5.32 Å². The number of fused-ring (bicyclic) bond motifs is 1. The first-order chi connectivity index (χ1) is 13.3. The molecule has 8 nitrogen and oxygen atoms in total. The molecule has 1 aromatic carbocycles. The van der Waals surface area contributed by atoms with Crippen molar-refractivity contribution in [2.24, 2.45) is 7.05 Å². The number of aromatic nitrogens is 2. The molecule has 3 aromatic rings. The molecule has 0 bridgehead atoms. The predicted molar refractivity (Wildman–Crippen MR) is 105 cm³/mol. The molecule has 0 saturated carbocycles. The molecule has 3 heterocycles. The number of benzene rings is 1. The molecular weight excluding hydrogens is 380 g/mol. The molecule has 1 aliphatic rings. The zero-order valence-electron chi connectivity index (χ0n) is 15.8. The average molecular weight is 402 g/mol. The molecule has 0 atom stereocenters. The van der Waals surface area contributed by atoms with Gasteiger partial charge in [0.15, 0.2) is 11.5 Å². The van der Waals surface area contributed by atoms with Crippen molar-refractivity contribution >= 4 is 32.7 Å². The van der Waals surface area contributed by atoms with Crippen molar-refractivity contribution in [2.45, 2.75) is 31.1 Å². The number of hydrogen-bond donors (Lipinski definition) is 1. The van der Waals surface area contributed by atoms with Crippen LogP contribution in [0.4, 0.5) is 5.69 Å². The van der Waals surface area contributed by atoms with E-state index in [-0.39, 0.29) is 16.5 Å². The standard InChI is InChI=1S/C19H22N4O4S/c1-13-20-16-10-14(6-7-18(16)27-13)21-19(24)17-11-15(12-22(17)2)28(25,26)23-8-4-3-5-9-23/h6-7,10-12H,3-5,8-9H2,1-2H3,(H,21,24). The number of amides is 1. The Balaban J connectivity index is 1.57. The molecule has 0 unspecified atom stereocenters. The third-order valence-corrected chi connectivity index (χ3v) is 6.78. The lowest BCUT2D eigenvalue weighted by Crippen LogP contribution is -2.35. The van der Waals surface area contributed by atoms with Crippen molar-refractivity contribution in [1.82, 2.24) is 13.9 Å². The fourth-order valence-electron chi connectivity index (χ4n) is 3.47. The Morgan fingerprint density at radius 2 is 1.93 bits per heavy atom. The maximum Gasteiger partial charge on any atom is 0.272 e. The Morgan fingerprint density at radius 1 is 1.18 bits per heavy atom. The van der Waals surface area contributed by atoms with E-state index in [0.717, 1.165) is 19.3 Å². The smallest absolute Gasteiger partial charge is 0.272 e. The molecule has 2 aromatic heterocycles. The van der Waals surface area contributed by atoms with Crippen molar-refractivity contribution in [3.63, 3.8) is 0 Å². The van der Waals surface area contributed by atoms with E-state index < -0.39 is 10.0 Å². The van der Waals surface area contributed by atoms with Crippen molar-refractivity contribution < 1.29 is 17.6 Å². The van der Waals surface area contributed by atoms with Crippen LogP contribution >= 0.6 is 0 Å². The Labute approximate surface area is 163 Å². The minimum atomic E-state index is -3.59. The fraction of sp³-hybridized carbons (Fsp3) is 0.368. The summed E-state index contributed by atoms with van der Waals surface area (Å²) in [6, 6.07) is 6.61. The second-order valence-corrected chi connectivity index (χ2v) is 8.94. The number of aryl methyl sites for hydroxylation is 2. The summed E-state index contributed by atoms with van der Waals surface area (Å²) in [5.74, 6) is 0.163. The van der Waals surface area contributed by atoms with Crippen molar-refractivity contribution in [1.29, 1.82) is 0 Å². The summed E-state index contributed by atoms with van der Waals surface area (Å²) < 4.78 is 34.1. The minimum absolute atomic E-state index is 0.143. The van der Waals surface area contributed by atoms with E-state index in [4.69, 9.17) is 4.42 Å². The monoisotopic (exact) mass is 402 g/mol. The zero-order valence-corrected chi connectivity index (χ0v) is 16.6. The summed E-state index contributed by atoms with van der Waals surface area (Å²) in [7, 11) is -1.92. The number of rotatable bonds is 4. The second kappa shape index (κ2) is 7.06. The molecule has 1 fully saturated rings. The third kappa shape index (κ3) is 3.43. The highest BCUT2D eigenvalue weighted by Crippen LogP contribution is 2.24. The maximum absolute atomic E-state index is 12.8. The van der Waals surface area contributed by atoms with Crippen molar-refractivity contribution in [2.75, 3.05) is 18.4 Å². The number of sulfonamides is 1. The van der Waals surface area contributed by atoms with Crippen molar-refractivity contribution in [3.8, 4) is 0 Å². The maximum atomic E-state index is 12.8.